The van der Waals surface area contributed by atoms with Crippen molar-refractivity contribution in [3.8, 4) is 0 Å². The molecule has 24 heavy (non-hydrogen) atoms. The van der Waals surface area contributed by atoms with Gasteiger partial charge in [-0.3, -0.25) is 19.0 Å². The number of nitrogens with zero attached hydrogens (tertiary/aromatic N) is 2. The lowest BCUT2D eigenvalue weighted by Gasteiger charge is -2.17. The zero-order valence-corrected chi connectivity index (χ0v) is 12.8. The van der Waals surface area contributed by atoms with E-state index in [1.165, 1.54) is 9.63 Å². The van der Waals surface area contributed by atoms with Gasteiger partial charge in [-0.25, -0.2) is 5.06 Å². The standard InChI is InChI=1S/C18H15N3O3/c19-17(22)15-13-8-4-5-9-14(13)16-18(23)20(15)11-21(16)24-10-12-6-2-1-3-7-12/h1-9H,10-11H2,(H2,19,22). The molecule has 2 bridgehead atoms. The number of primary amides is 1. The molecule has 4 rings (SSSR count). The lowest BCUT2D eigenvalue weighted by molar-refractivity contribution is 0.0850. The number of hydrogen-bond acceptors (Lipinski definition) is 4. The maximum Gasteiger partial charge on any atom is 0.279 e. The number of carbonyl (C=O) groups excluding carboxylic acids is 1. The Morgan fingerprint density at radius 1 is 1.04 bits per heavy atom. The molecule has 2 heterocycles. The first-order valence-corrected chi connectivity index (χ1v) is 7.56. The smallest absolute Gasteiger partial charge is 0.279 e. The summed E-state index contributed by atoms with van der Waals surface area (Å²) in [5.41, 5.74) is 6.88. The molecule has 0 saturated heterocycles. The second-order valence-electron chi connectivity index (χ2n) is 5.62. The summed E-state index contributed by atoms with van der Waals surface area (Å²) in [5.74, 6) is -0.625. The Bertz CT molecular complexity index is 996. The van der Waals surface area contributed by atoms with E-state index in [1.54, 1.807) is 12.1 Å². The molecule has 1 aliphatic heterocycles. The van der Waals surface area contributed by atoms with Crippen molar-refractivity contribution < 1.29 is 9.63 Å². The first-order chi connectivity index (χ1) is 11.7. The first-order valence-electron chi connectivity index (χ1n) is 7.56. The maximum absolute atomic E-state index is 12.6. The van der Waals surface area contributed by atoms with E-state index in [4.69, 9.17) is 10.6 Å². The molecule has 6 heteroatoms. The van der Waals surface area contributed by atoms with Gasteiger partial charge in [-0.1, -0.05) is 54.6 Å². The molecule has 1 aromatic heterocycles. The highest BCUT2D eigenvalue weighted by molar-refractivity contribution is 6.08. The van der Waals surface area contributed by atoms with E-state index >= 15 is 0 Å². The summed E-state index contributed by atoms with van der Waals surface area (Å²) in [6.45, 7) is 0.480. The summed E-state index contributed by atoms with van der Waals surface area (Å²) in [5, 5.41) is 2.85. The summed E-state index contributed by atoms with van der Waals surface area (Å²) in [6, 6.07) is 16.9. The van der Waals surface area contributed by atoms with E-state index in [2.05, 4.69) is 0 Å². The van der Waals surface area contributed by atoms with E-state index in [-0.39, 0.29) is 17.9 Å². The zero-order chi connectivity index (χ0) is 16.7. The highest BCUT2D eigenvalue weighted by Crippen LogP contribution is 2.31. The number of benzene rings is 2. The number of fused-ring (bicyclic) bond motifs is 4. The molecule has 0 aliphatic carbocycles. The van der Waals surface area contributed by atoms with Crippen molar-refractivity contribution in [2.24, 2.45) is 5.73 Å². The van der Waals surface area contributed by atoms with E-state index in [0.29, 0.717) is 23.1 Å². The molecule has 0 spiro atoms. The number of hydrogen-bond donors (Lipinski definition) is 1. The second kappa shape index (κ2) is 5.50. The van der Waals surface area contributed by atoms with Gasteiger partial charge in [0.1, 0.15) is 24.7 Å². The number of carbonyl (C=O) groups is 1. The van der Waals surface area contributed by atoms with Gasteiger partial charge < -0.3 is 5.73 Å². The fourth-order valence-electron chi connectivity index (χ4n) is 3.06. The van der Waals surface area contributed by atoms with Gasteiger partial charge in [0, 0.05) is 10.8 Å². The highest BCUT2D eigenvalue weighted by Gasteiger charge is 2.30. The van der Waals surface area contributed by atoms with Crippen molar-refractivity contribution in [1.82, 2.24) is 4.57 Å². The molecule has 0 radical (unpaired) electrons. The normalized spacial score (nSPS) is 12.8. The van der Waals surface area contributed by atoms with Crippen LogP contribution in [0.4, 0.5) is 5.69 Å². The molecule has 2 aromatic carbocycles. The maximum atomic E-state index is 12.6. The van der Waals surface area contributed by atoms with E-state index in [1.807, 2.05) is 42.5 Å². The van der Waals surface area contributed by atoms with Gasteiger partial charge in [-0.2, -0.15) is 0 Å². The summed E-state index contributed by atoms with van der Waals surface area (Å²) >= 11 is 0. The van der Waals surface area contributed by atoms with Crippen molar-refractivity contribution in [2.75, 3.05) is 5.06 Å². The molecule has 1 amide bonds. The van der Waals surface area contributed by atoms with Crippen LogP contribution < -0.4 is 16.4 Å². The molecule has 1 aliphatic rings. The second-order valence-corrected chi connectivity index (χ2v) is 5.62. The summed E-state index contributed by atoms with van der Waals surface area (Å²) in [7, 11) is 0. The summed E-state index contributed by atoms with van der Waals surface area (Å²) in [6.07, 6.45) is 0. The van der Waals surface area contributed by atoms with Crippen molar-refractivity contribution in [2.45, 2.75) is 13.3 Å². The van der Waals surface area contributed by atoms with Crippen LogP contribution >= 0.6 is 0 Å². The molecule has 0 saturated carbocycles. The highest BCUT2D eigenvalue weighted by atomic mass is 16.7. The average molecular weight is 321 g/mol. The Labute approximate surface area is 137 Å². The van der Waals surface area contributed by atoms with Gasteiger partial charge in [-0.05, 0) is 5.56 Å². The number of rotatable bonds is 4. The average Bonchev–Trinajstić information content (AvgIpc) is 2.82. The Kier molecular flexibility index (Phi) is 3.32. The van der Waals surface area contributed by atoms with Gasteiger partial charge in [0.15, 0.2) is 0 Å². The van der Waals surface area contributed by atoms with Crippen LogP contribution in [0.1, 0.15) is 16.1 Å². The predicted octanol–water partition coefficient (Wildman–Crippen LogP) is 2.01. The van der Waals surface area contributed by atoms with Crippen molar-refractivity contribution in [3.63, 3.8) is 0 Å². The van der Waals surface area contributed by atoms with Crippen LogP contribution in [0.15, 0.2) is 59.4 Å². The van der Waals surface area contributed by atoms with Crippen LogP contribution in [0.2, 0.25) is 0 Å². The van der Waals surface area contributed by atoms with Crippen LogP contribution in [-0.2, 0) is 18.1 Å². The van der Waals surface area contributed by atoms with Crippen LogP contribution in [0.3, 0.4) is 0 Å². The fourth-order valence-corrected chi connectivity index (χ4v) is 3.06. The number of nitrogens with two attached hydrogens (primary N) is 1. The van der Waals surface area contributed by atoms with Gasteiger partial charge in [0.2, 0.25) is 0 Å². The molecule has 0 unspecified atom stereocenters. The predicted molar refractivity (Wildman–Crippen MR) is 90.4 cm³/mol. The summed E-state index contributed by atoms with van der Waals surface area (Å²) in [4.78, 5) is 30.3. The van der Waals surface area contributed by atoms with Crippen LogP contribution in [0.25, 0.3) is 10.8 Å². The minimum absolute atomic E-state index is 0.147. The minimum atomic E-state index is -0.625. The van der Waals surface area contributed by atoms with E-state index in [0.717, 1.165) is 5.56 Å². The number of pyridine rings is 1. The Morgan fingerprint density at radius 2 is 1.71 bits per heavy atom. The number of aromatic nitrogens is 1. The van der Waals surface area contributed by atoms with Crippen molar-refractivity contribution >= 4 is 22.4 Å². The molecule has 0 fully saturated rings. The minimum Gasteiger partial charge on any atom is -0.364 e. The number of amides is 1. The molecule has 2 N–H and O–H groups in total. The zero-order valence-electron chi connectivity index (χ0n) is 12.8. The topological polar surface area (TPSA) is 77.6 Å². The third-order valence-electron chi connectivity index (χ3n) is 4.14. The first kappa shape index (κ1) is 14.5. The number of hydroxylamine groups is 1. The fraction of sp³-hybridized carbons (Fsp3) is 0.111. The largest absolute Gasteiger partial charge is 0.364 e. The summed E-state index contributed by atoms with van der Waals surface area (Å²) < 4.78 is 1.37. The SMILES string of the molecule is NC(=O)c1c2ccccc2c2c(=O)n1CN2OCc1ccccc1. The molecular weight excluding hydrogens is 306 g/mol. The van der Waals surface area contributed by atoms with E-state index < -0.39 is 5.91 Å². The van der Waals surface area contributed by atoms with Gasteiger partial charge in [0.25, 0.3) is 11.5 Å². The molecule has 120 valence electrons. The van der Waals surface area contributed by atoms with Gasteiger partial charge >= 0.3 is 0 Å². The Morgan fingerprint density at radius 3 is 2.42 bits per heavy atom. The lowest BCUT2D eigenvalue weighted by Crippen LogP contribution is -2.26. The quantitative estimate of drug-likeness (QED) is 0.797. The monoisotopic (exact) mass is 321 g/mol. The van der Waals surface area contributed by atoms with E-state index in [9.17, 15) is 9.59 Å². The lowest BCUT2D eigenvalue weighted by atomic mass is 10.1. The molecule has 0 atom stereocenters. The van der Waals surface area contributed by atoms with Gasteiger partial charge in [0.05, 0.1) is 0 Å². The van der Waals surface area contributed by atoms with Crippen LogP contribution in [0.5, 0.6) is 0 Å². The number of anilines is 1. The molecule has 6 nitrogen and oxygen atoms in total. The van der Waals surface area contributed by atoms with Crippen LogP contribution in [-0.4, -0.2) is 10.5 Å². The third kappa shape index (κ3) is 2.16. The molecular formula is C18H15N3O3. The third-order valence-corrected chi connectivity index (χ3v) is 4.14. The molecule has 3 aromatic rings. The van der Waals surface area contributed by atoms with Crippen molar-refractivity contribution in [3.05, 3.63) is 76.2 Å². The Hall–Kier alpha value is -3.12. The van der Waals surface area contributed by atoms with Gasteiger partial charge in [-0.15, -0.1) is 0 Å². The Balaban J connectivity index is 1.78. The van der Waals surface area contributed by atoms with Crippen LogP contribution in [0, 0.1) is 0 Å². The van der Waals surface area contributed by atoms with Crippen molar-refractivity contribution in [1.29, 1.82) is 0 Å².